The average molecular weight is 382 g/mol. The summed E-state index contributed by atoms with van der Waals surface area (Å²) in [5.41, 5.74) is -0.246. The number of rotatable bonds is 4. The fraction of sp³-hybridized carbons (Fsp3) is 0.100. The van der Waals surface area contributed by atoms with Gasteiger partial charge in [-0.25, -0.2) is 17.6 Å². The van der Waals surface area contributed by atoms with Crippen molar-refractivity contribution in [3.63, 3.8) is 0 Å². The first-order valence-corrected chi connectivity index (χ1v) is 7.75. The van der Waals surface area contributed by atoms with Crippen molar-refractivity contribution >= 4 is 0 Å². The molecule has 3 aromatic rings. The number of ether oxygens (including phenoxy) is 1. The second kappa shape index (κ2) is 6.98. The Balaban J connectivity index is 1.98. The smallest absolute Gasteiger partial charge is 0.429 e. The maximum Gasteiger partial charge on any atom is 0.432 e. The van der Waals surface area contributed by atoms with E-state index >= 15 is 0 Å². The lowest BCUT2D eigenvalue weighted by molar-refractivity contribution is -0.189. The van der Waals surface area contributed by atoms with Crippen molar-refractivity contribution in [1.82, 2.24) is 0 Å². The minimum absolute atomic E-state index is 0.0568. The monoisotopic (exact) mass is 382 g/mol. The highest BCUT2D eigenvalue weighted by atomic mass is 19.3. The van der Waals surface area contributed by atoms with Crippen molar-refractivity contribution in [3.8, 4) is 16.9 Å². The molecule has 0 fully saturated rings. The van der Waals surface area contributed by atoms with Gasteiger partial charge in [0.25, 0.3) is 0 Å². The molecule has 0 atom stereocenters. The molecule has 0 aliphatic carbocycles. The van der Waals surface area contributed by atoms with Crippen molar-refractivity contribution in [2.24, 2.45) is 0 Å². The van der Waals surface area contributed by atoms with Crippen LogP contribution >= 0.6 is 0 Å². The SMILES string of the molecule is Cc1ccc(-c2cc(F)c(C(F)(F)Oc3cc(F)cc(F)c3)c(F)c2)cc1. The second-order valence-corrected chi connectivity index (χ2v) is 5.90. The molecule has 7 heteroatoms. The summed E-state index contributed by atoms with van der Waals surface area (Å²) in [7, 11) is 0. The van der Waals surface area contributed by atoms with Crippen LogP contribution in [-0.2, 0) is 6.11 Å². The number of alkyl halides is 2. The van der Waals surface area contributed by atoms with Crippen LogP contribution in [0.15, 0.2) is 54.6 Å². The maximum absolute atomic E-state index is 14.3. The Bertz CT molecular complexity index is 939. The zero-order valence-corrected chi connectivity index (χ0v) is 13.9. The summed E-state index contributed by atoms with van der Waals surface area (Å²) in [6.45, 7) is 1.82. The van der Waals surface area contributed by atoms with Crippen molar-refractivity contribution in [1.29, 1.82) is 0 Å². The van der Waals surface area contributed by atoms with Crippen LogP contribution in [0.2, 0.25) is 0 Å². The summed E-state index contributed by atoms with van der Waals surface area (Å²) in [5.74, 6) is -6.34. The molecule has 0 amide bonds. The molecule has 0 radical (unpaired) electrons. The normalized spacial score (nSPS) is 11.5. The Labute approximate surface area is 150 Å². The number of hydrogen-bond donors (Lipinski definition) is 0. The van der Waals surface area contributed by atoms with Crippen molar-refractivity contribution in [2.45, 2.75) is 13.0 Å². The van der Waals surface area contributed by atoms with E-state index in [-0.39, 0.29) is 5.56 Å². The lowest BCUT2D eigenvalue weighted by Crippen LogP contribution is -2.25. The maximum atomic E-state index is 14.3. The number of hydrogen-bond acceptors (Lipinski definition) is 1. The molecule has 0 aromatic heterocycles. The molecule has 3 aromatic carbocycles. The van der Waals surface area contributed by atoms with Crippen LogP contribution in [-0.4, -0.2) is 0 Å². The first kappa shape index (κ1) is 18.8. The van der Waals surface area contributed by atoms with Gasteiger partial charge in [-0.05, 0) is 30.2 Å². The van der Waals surface area contributed by atoms with Crippen LogP contribution in [0.5, 0.6) is 5.75 Å². The van der Waals surface area contributed by atoms with Gasteiger partial charge in [-0.1, -0.05) is 29.8 Å². The molecule has 27 heavy (non-hydrogen) atoms. The molecular formula is C20H12F6O. The molecule has 0 aliphatic heterocycles. The molecule has 0 aliphatic rings. The van der Waals surface area contributed by atoms with E-state index in [0.717, 1.165) is 17.7 Å². The van der Waals surface area contributed by atoms with Crippen LogP contribution in [0.25, 0.3) is 11.1 Å². The Morgan fingerprint density at radius 2 is 1.22 bits per heavy atom. The molecule has 0 saturated carbocycles. The third-order valence-corrected chi connectivity index (χ3v) is 3.80. The van der Waals surface area contributed by atoms with Crippen LogP contribution in [0.1, 0.15) is 11.1 Å². The van der Waals surface area contributed by atoms with Crippen LogP contribution in [0.3, 0.4) is 0 Å². The summed E-state index contributed by atoms with van der Waals surface area (Å²) in [6.07, 6.45) is -4.49. The van der Waals surface area contributed by atoms with Crippen LogP contribution < -0.4 is 4.74 Å². The first-order chi connectivity index (χ1) is 12.7. The van der Waals surface area contributed by atoms with Crippen LogP contribution in [0, 0.1) is 30.2 Å². The lowest BCUT2D eigenvalue weighted by atomic mass is 10.0. The quantitative estimate of drug-likeness (QED) is 0.478. The van der Waals surface area contributed by atoms with Crippen molar-refractivity contribution in [2.75, 3.05) is 0 Å². The Morgan fingerprint density at radius 1 is 0.704 bits per heavy atom. The summed E-state index contributed by atoms with van der Waals surface area (Å²) in [4.78, 5) is 0. The fourth-order valence-electron chi connectivity index (χ4n) is 2.55. The summed E-state index contributed by atoms with van der Waals surface area (Å²) in [6, 6.07) is 9.48. The van der Waals surface area contributed by atoms with E-state index in [1.807, 2.05) is 6.92 Å². The van der Waals surface area contributed by atoms with Gasteiger partial charge in [0, 0.05) is 18.2 Å². The highest BCUT2D eigenvalue weighted by Crippen LogP contribution is 2.37. The fourth-order valence-corrected chi connectivity index (χ4v) is 2.55. The second-order valence-electron chi connectivity index (χ2n) is 5.90. The van der Waals surface area contributed by atoms with Gasteiger partial charge in [-0.15, -0.1) is 0 Å². The largest absolute Gasteiger partial charge is 0.432 e. The van der Waals surface area contributed by atoms with Gasteiger partial charge in [-0.3, -0.25) is 0 Å². The minimum atomic E-state index is -4.49. The number of halogens is 6. The first-order valence-electron chi connectivity index (χ1n) is 7.75. The predicted octanol–water partition coefficient (Wildman–Crippen LogP) is 6.35. The zero-order chi connectivity index (χ0) is 19.8. The summed E-state index contributed by atoms with van der Waals surface area (Å²) < 4.78 is 87.5. The lowest BCUT2D eigenvalue weighted by Gasteiger charge is -2.20. The number of benzene rings is 3. The summed E-state index contributed by atoms with van der Waals surface area (Å²) in [5, 5.41) is 0. The molecule has 3 rings (SSSR count). The third-order valence-electron chi connectivity index (χ3n) is 3.80. The molecule has 0 unspecified atom stereocenters. The molecule has 0 saturated heterocycles. The molecule has 0 N–H and O–H groups in total. The van der Waals surface area contributed by atoms with E-state index in [1.54, 1.807) is 24.3 Å². The average Bonchev–Trinajstić information content (AvgIpc) is 2.52. The minimum Gasteiger partial charge on any atom is -0.429 e. The van der Waals surface area contributed by atoms with Crippen molar-refractivity contribution < 1.29 is 31.1 Å². The summed E-state index contributed by atoms with van der Waals surface area (Å²) >= 11 is 0. The van der Waals surface area contributed by atoms with E-state index in [0.29, 0.717) is 23.8 Å². The van der Waals surface area contributed by atoms with Gasteiger partial charge in [0.2, 0.25) is 0 Å². The van der Waals surface area contributed by atoms with E-state index in [2.05, 4.69) is 4.74 Å². The molecular weight excluding hydrogens is 370 g/mol. The van der Waals surface area contributed by atoms with E-state index in [1.165, 1.54) is 0 Å². The van der Waals surface area contributed by atoms with Gasteiger partial charge in [0.1, 0.15) is 34.6 Å². The Hall–Kier alpha value is -2.96. The third kappa shape index (κ3) is 4.07. The van der Waals surface area contributed by atoms with Gasteiger partial charge >= 0.3 is 6.11 Å². The van der Waals surface area contributed by atoms with Crippen LogP contribution in [0.4, 0.5) is 26.3 Å². The molecule has 1 nitrogen and oxygen atoms in total. The van der Waals surface area contributed by atoms with Gasteiger partial charge in [0.05, 0.1) is 0 Å². The van der Waals surface area contributed by atoms with E-state index in [9.17, 15) is 26.3 Å². The van der Waals surface area contributed by atoms with Gasteiger partial charge < -0.3 is 4.74 Å². The van der Waals surface area contributed by atoms with E-state index in [4.69, 9.17) is 0 Å². The highest BCUT2D eigenvalue weighted by Gasteiger charge is 2.41. The Morgan fingerprint density at radius 3 is 1.74 bits per heavy atom. The zero-order valence-electron chi connectivity index (χ0n) is 13.9. The molecule has 0 heterocycles. The van der Waals surface area contributed by atoms with Gasteiger partial charge in [0.15, 0.2) is 0 Å². The topological polar surface area (TPSA) is 9.23 Å². The molecule has 140 valence electrons. The van der Waals surface area contributed by atoms with E-state index < -0.39 is 40.7 Å². The van der Waals surface area contributed by atoms with Crippen molar-refractivity contribution in [3.05, 3.63) is 89.0 Å². The van der Waals surface area contributed by atoms with Gasteiger partial charge in [-0.2, -0.15) is 8.78 Å². The number of aryl methyl sites for hydroxylation is 1. The molecule has 0 bridgehead atoms. The Kier molecular flexibility index (Phi) is 4.87. The predicted molar refractivity (Wildman–Crippen MR) is 87.4 cm³/mol. The molecule has 0 spiro atoms. The standard InChI is InChI=1S/C20H12F6O/c1-11-2-4-12(5-3-11)13-6-17(23)19(18(24)7-13)20(25,26)27-16-9-14(21)8-15(22)10-16/h2-10H,1H3. The highest BCUT2D eigenvalue weighted by molar-refractivity contribution is 5.64.